The highest BCUT2D eigenvalue weighted by Crippen LogP contribution is 2.30. The molecule has 0 aromatic heterocycles. The molecule has 0 bridgehead atoms. The molecule has 0 spiro atoms. The number of benzene rings is 2. The standard InChI is InChI=1S/C29H40ClN3O4S/c1-7-8-9-16-33(27(35)23(18-38)31-28(36)37-29(4,5)6)25(21-14-10-12-19(2)17-21)26(34)32-24-20(3)13-11-15-22(24)30/h10-15,17,23,25,38H,7-9,16,18H2,1-6H3,(H,31,36)(H,32,34). The second-order valence-electron chi connectivity index (χ2n) is 10.4. The van der Waals surface area contributed by atoms with E-state index >= 15 is 0 Å². The number of thiol groups is 1. The van der Waals surface area contributed by atoms with E-state index in [2.05, 4.69) is 30.2 Å². The minimum Gasteiger partial charge on any atom is -0.444 e. The molecule has 2 unspecified atom stereocenters. The third kappa shape index (κ3) is 9.24. The molecule has 2 aromatic rings. The largest absolute Gasteiger partial charge is 0.444 e. The highest BCUT2D eigenvalue weighted by atomic mass is 35.5. The lowest BCUT2D eigenvalue weighted by molar-refractivity contribution is -0.140. The highest BCUT2D eigenvalue weighted by molar-refractivity contribution is 7.80. The molecule has 0 saturated carbocycles. The van der Waals surface area contributed by atoms with Crippen LogP contribution in [-0.2, 0) is 14.3 Å². The van der Waals surface area contributed by atoms with Gasteiger partial charge in [0.2, 0.25) is 5.91 Å². The van der Waals surface area contributed by atoms with Gasteiger partial charge >= 0.3 is 6.09 Å². The second-order valence-corrected chi connectivity index (χ2v) is 11.1. The lowest BCUT2D eigenvalue weighted by atomic mass is 10.00. The van der Waals surface area contributed by atoms with Gasteiger partial charge in [-0.15, -0.1) is 0 Å². The Morgan fingerprint density at radius 3 is 2.34 bits per heavy atom. The van der Waals surface area contributed by atoms with E-state index in [9.17, 15) is 14.4 Å². The molecule has 2 aromatic carbocycles. The number of carbonyl (C=O) groups excluding carboxylic acids is 3. The molecule has 0 fully saturated rings. The summed E-state index contributed by atoms with van der Waals surface area (Å²) in [4.78, 5) is 41.9. The number of nitrogens with zero attached hydrogens (tertiary/aromatic N) is 1. The molecule has 0 aliphatic heterocycles. The molecule has 2 atom stereocenters. The number of para-hydroxylation sites is 1. The Hall–Kier alpha value is -2.71. The van der Waals surface area contributed by atoms with Gasteiger partial charge < -0.3 is 20.3 Å². The molecule has 0 saturated heterocycles. The van der Waals surface area contributed by atoms with E-state index < -0.39 is 35.6 Å². The van der Waals surface area contributed by atoms with Crippen LogP contribution < -0.4 is 10.6 Å². The monoisotopic (exact) mass is 561 g/mol. The highest BCUT2D eigenvalue weighted by Gasteiger charge is 2.36. The summed E-state index contributed by atoms with van der Waals surface area (Å²) in [6, 6.07) is 10.9. The number of carbonyl (C=O) groups is 3. The number of unbranched alkanes of at least 4 members (excludes halogenated alkanes) is 2. The second kappa shape index (κ2) is 14.4. The molecule has 0 aliphatic carbocycles. The van der Waals surface area contributed by atoms with E-state index in [-0.39, 0.29) is 5.75 Å². The van der Waals surface area contributed by atoms with Crippen molar-refractivity contribution in [3.63, 3.8) is 0 Å². The summed E-state index contributed by atoms with van der Waals surface area (Å²) < 4.78 is 5.36. The number of hydrogen-bond acceptors (Lipinski definition) is 5. The normalized spacial score (nSPS) is 12.8. The number of alkyl carbamates (subject to hydrolysis) is 1. The van der Waals surface area contributed by atoms with Crippen molar-refractivity contribution in [2.45, 2.75) is 78.5 Å². The average molecular weight is 562 g/mol. The average Bonchev–Trinajstić information content (AvgIpc) is 2.83. The zero-order valence-electron chi connectivity index (χ0n) is 23.1. The summed E-state index contributed by atoms with van der Waals surface area (Å²) in [5.74, 6) is -0.778. The van der Waals surface area contributed by atoms with Gasteiger partial charge in [-0.05, 0) is 58.2 Å². The van der Waals surface area contributed by atoms with Crippen LogP contribution in [0.25, 0.3) is 0 Å². The zero-order chi connectivity index (χ0) is 28.5. The summed E-state index contributed by atoms with van der Waals surface area (Å²) in [6.07, 6.45) is 1.78. The van der Waals surface area contributed by atoms with Crippen molar-refractivity contribution in [2.75, 3.05) is 17.6 Å². The number of amides is 3. The molecular weight excluding hydrogens is 522 g/mol. The lowest BCUT2D eigenvalue weighted by Crippen LogP contribution is -2.53. The van der Waals surface area contributed by atoms with Gasteiger partial charge in [-0.25, -0.2) is 4.79 Å². The molecule has 9 heteroatoms. The quantitative estimate of drug-likeness (QED) is 0.216. The van der Waals surface area contributed by atoms with Gasteiger partial charge in [-0.2, -0.15) is 12.6 Å². The Labute approximate surface area is 237 Å². The Balaban J connectivity index is 2.52. The maximum Gasteiger partial charge on any atom is 0.408 e. The Morgan fingerprint density at radius 2 is 1.76 bits per heavy atom. The van der Waals surface area contributed by atoms with E-state index in [1.54, 1.807) is 26.8 Å². The summed E-state index contributed by atoms with van der Waals surface area (Å²) in [7, 11) is 0. The van der Waals surface area contributed by atoms with Crippen molar-refractivity contribution in [1.29, 1.82) is 0 Å². The number of aryl methyl sites for hydroxylation is 2. The first-order valence-corrected chi connectivity index (χ1v) is 13.9. The molecule has 2 N–H and O–H groups in total. The van der Waals surface area contributed by atoms with Crippen LogP contribution in [0.5, 0.6) is 0 Å². The van der Waals surface area contributed by atoms with E-state index in [1.807, 2.05) is 50.2 Å². The number of rotatable bonds is 11. The van der Waals surface area contributed by atoms with Crippen molar-refractivity contribution < 1.29 is 19.1 Å². The van der Waals surface area contributed by atoms with E-state index in [0.29, 0.717) is 29.2 Å². The van der Waals surface area contributed by atoms with Crippen molar-refractivity contribution in [3.8, 4) is 0 Å². The predicted octanol–water partition coefficient (Wildman–Crippen LogP) is 6.48. The van der Waals surface area contributed by atoms with Crippen molar-refractivity contribution in [1.82, 2.24) is 10.2 Å². The minimum absolute atomic E-state index is 0.0358. The fourth-order valence-corrected chi connectivity index (χ4v) is 4.55. The fraction of sp³-hybridized carbons (Fsp3) is 0.483. The smallest absolute Gasteiger partial charge is 0.408 e. The number of ether oxygens (including phenoxy) is 1. The first-order valence-electron chi connectivity index (χ1n) is 12.9. The zero-order valence-corrected chi connectivity index (χ0v) is 24.8. The first kappa shape index (κ1) is 31.5. The molecule has 0 radical (unpaired) electrons. The molecule has 3 amide bonds. The molecule has 2 rings (SSSR count). The van der Waals surface area contributed by atoms with Crippen molar-refractivity contribution >= 4 is 47.8 Å². The Morgan fingerprint density at radius 1 is 1.08 bits per heavy atom. The van der Waals surface area contributed by atoms with Crippen molar-refractivity contribution in [3.05, 3.63) is 64.2 Å². The maximum atomic E-state index is 14.0. The maximum absolute atomic E-state index is 14.0. The van der Waals surface area contributed by atoms with Crippen molar-refractivity contribution in [2.24, 2.45) is 0 Å². The van der Waals surface area contributed by atoms with Gasteiger partial charge in [-0.3, -0.25) is 9.59 Å². The summed E-state index contributed by atoms with van der Waals surface area (Å²) in [5.41, 5.74) is 2.18. The summed E-state index contributed by atoms with van der Waals surface area (Å²) >= 11 is 10.8. The fourth-order valence-electron chi connectivity index (χ4n) is 4.03. The topological polar surface area (TPSA) is 87.7 Å². The van der Waals surface area contributed by atoms with Gasteiger partial charge in [0.25, 0.3) is 5.91 Å². The van der Waals surface area contributed by atoms with Crippen LogP contribution in [0.4, 0.5) is 10.5 Å². The van der Waals surface area contributed by atoms with E-state index in [1.165, 1.54) is 4.90 Å². The summed E-state index contributed by atoms with van der Waals surface area (Å²) in [6.45, 7) is 11.4. The van der Waals surface area contributed by atoms with Crippen LogP contribution in [0.2, 0.25) is 5.02 Å². The van der Waals surface area contributed by atoms with Gasteiger partial charge in [0, 0.05) is 12.3 Å². The van der Waals surface area contributed by atoms with Crippen LogP contribution in [0.3, 0.4) is 0 Å². The van der Waals surface area contributed by atoms with Crippen LogP contribution in [0.15, 0.2) is 42.5 Å². The third-order valence-electron chi connectivity index (χ3n) is 5.85. The third-order valence-corrected chi connectivity index (χ3v) is 6.53. The summed E-state index contributed by atoms with van der Waals surface area (Å²) in [5, 5.41) is 6.00. The predicted molar refractivity (Wildman–Crippen MR) is 157 cm³/mol. The number of anilines is 1. The van der Waals surface area contributed by atoms with Crippen LogP contribution in [0.1, 0.15) is 69.7 Å². The van der Waals surface area contributed by atoms with E-state index in [4.69, 9.17) is 16.3 Å². The van der Waals surface area contributed by atoms with Crippen LogP contribution in [0, 0.1) is 13.8 Å². The van der Waals surface area contributed by atoms with Crippen LogP contribution in [-0.4, -0.2) is 46.7 Å². The van der Waals surface area contributed by atoms with E-state index in [0.717, 1.165) is 24.0 Å². The van der Waals surface area contributed by atoms with Crippen LogP contribution >= 0.6 is 24.2 Å². The molecule has 0 aliphatic rings. The Bertz CT molecular complexity index is 1100. The van der Waals surface area contributed by atoms with Gasteiger partial charge in [0.15, 0.2) is 0 Å². The van der Waals surface area contributed by atoms with Gasteiger partial charge in [-0.1, -0.05) is 73.3 Å². The Kier molecular flexibility index (Phi) is 12.0. The molecular formula is C29H40ClN3O4S. The lowest BCUT2D eigenvalue weighted by Gasteiger charge is -2.34. The first-order chi connectivity index (χ1) is 17.9. The van der Waals surface area contributed by atoms with Gasteiger partial charge in [0.1, 0.15) is 17.7 Å². The van der Waals surface area contributed by atoms with Gasteiger partial charge in [0.05, 0.1) is 10.7 Å². The molecule has 7 nitrogen and oxygen atoms in total. The molecule has 0 heterocycles. The number of nitrogens with one attached hydrogen (secondary N) is 2. The SMILES string of the molecule is CCCCCN(C(=O)C(CS)NC(=O)OC(C)(C)C)C(C(=O)Nc1c(C)cccc1Cl)c1cccc(C)c1. The molecule has 208 valence electrons. The number of halogens is 1. The molecule has 38 heavy (non-hydrogen) atoms. The minimum atomic E-state index is -0.989. The number of hydrogen-bond donors (Lipinski definition) is 3.